The van der Waals surface area contributed by atoms with Gasteiger partial charge in [-0.1, -0.05) is 22.0 Å². The van der Waals surface area contributed by atoms with Crippen LogP contribution >= 0.6 is 15.9 Å². The third-order valence-electron chi connectivity index (χ3n) is 3.82. The monoisotopic (exact) mass is 404 g/mol. The summed E-state index contributed by atoms with van der Waals surface area (Å²) in [6, 6.07) is 12.2. The minimum Gasteiger partial charge on any atom is -0.496 e. The van der Waals surface area contributed by atoms with Gasteiger partial charge < -0.3 is 15.0 Å². The van der Waals surface area contributed by atoms with Gasteiger partial charge in [-0.05, 0) is 50.2 Å². The second-order valence-corrected chi connectivity index (χ2v) is 6.27. The SMILES string of the molecule is CCN(CC)C(=O)c1cccc(NC(=O)c2cc(Br)ccc2OC)c1. The van der Waals surface area contributed by atoms with Crippen molar-refractivity contribution in [2.45, 2.75) is 13.8 Å². The van der Waals surface area contributed by atoms with Crippen LogP contribution in [0.4, 0.5) is 5.69 Å². The number of anilines is 1. The van der Waals surface area contributed by atoms with E-state index in [1.54, 1.807) is 47.4 Å². The first-order chi connectivity index (χ1) is 12.0. The van der Waals surface area contributed by atoms with Crippen molar-refractivity contribution in [1.29, 1.82) is 0 Å². The highest BCUT2D eigenvalue weighted by molar-refractivity contribution is 9.10. The molecule has 0 unspecified atom stereocenters. The van der Waals surface area contributed by atoms with Gasteiger partial charge in [0.25, 0.3) is 11.8 Å². The van der Waals surface area contributed by atoms with Crippen molar-refractivity contribution >= 4 is 33.4 Å². The summed E-state index contributed by atoms with van der Waals surface area (Å²) >= 11 is 3.36. The number of ether oxygens (including phenoxy) is 1. The summed E-state index contributed by atoms with van der Waals surface area (Å²) in [7, 11) is 1.52. The number of hydrogen-bond donors (Lipinski definition) is 1. The summed E-state index contributed by atoms with van der Waals surface area (Å²) in [5.74, 6) is 0.128. The highest BCUT2D eigenvalue weighted by Crippen LogP contribution is 2.24. The Labute approximate surface area is 156 Å². The van der Waals surface area contributed by atoms with Crippen molar-refractivity contribution in [2.75, 3.05) is 25.5 Å². The molecule has 0 radical (unpaired) electrons. The molecule has 0 aliphatic carbocycles. The Morgan fingerprint density at radius 3 is 2.48 bits per heavy atom. The number of nitrogens with one attached hydrogen (secondary N) is 1. The van der Waals surface area contributed by atoms with Crippen LogP contribution in [-0.4, -0.2) is 36.9 Å². The number of carbonyl (C=O) groups excluding carboxylic acids is 2. The molecule has 0 aliphatic heterocycles. The summed E-state index contributed by atoms with van der Waals surface area (Å²) < 4.78 is 6.02. The van der Waals surface area contributed by atoms with Crippen LogP contribution in [0.25, 0.3) is 0 Å². The Balaban J connectivity index is 2.24. The number of amides is 2. The summed E-state index contributed by atoms with van der Waals surface area (Å²) in [4.78, 5) is 26.7. The largest absolute Gasteiger partial charge is 0.496 e. The number of hydrogen-bond acceptors (Lipinski definition) is 3. The zero-order valence-corrected chi connectivity index (χ0v) is 16.1. The molecule has 2 aromatic carbocycles. The number of nitrogens with zero attached hydrogens (tertiary/aromatic N) is 1. The standard InChI is InChI=1S/C19H21BrN2O3/c1-4-22(5-2)19(24)13-7-6-8-15(11-13)21-18(23)16-12-14(20)9-10-17(16)25-3/h6-12H,4-5H2,1-3H3,(H,21,23). The number of halogens is 1. The van der Waals surface area contributed by atoms with Gasteiger partial charge in [0, 0.05) is 28.8 Å². The Kier molecular flexibility index (Phi) is 6.58. The van der Waals surface area contributed by atoms with Crippen molar-refractivity contribution in [1.82, 2.24) is 4.90 Å². The maximum Gasteiger partial charge on any atom is 0.259 e. The zero-order chi connectivity index (χ0) is 18.4. The van der Waals surface area contributed by atoms with E-state index in [0.717, 1.165) is 4.47 Å². The lowest BCUT2D eigenvalue weighted by molar-refractivity contribution is 0.0772. The molecule has 0 spiro atoms. The maximum absolute atomic E-state index is 12.6. The lowest BCUT2D eigenvalue weighted by atomic mass is 10.1. The number of rotatable bonds is 6. The predicted octanol–water partition coefficient (Wildman–Crippen LogP) is 4.19. The number of methoxy groups -OCH3 is 1. The fourth-order valence-electron chi connectivity index (χ4n) is 2.48. The van der Waals surface area contributed by atoms with E-state index < -0.39 is 0 Å². The lowest BCUT2D eigenvalue weighted by Gasteiger charge is -2.19. The van der Waals surface area contributed by atoms with Gasteiger partial charge in [0.1, 0.15) is 5.75 Å². The van der Waals surface area contributed by atoms with Gasteiger partial charge in [-0.2, -0.15) is 0 Å². The molecule has 2 aromatic rings. The molecule has 0 atom stereocenters. The molecule has 0 bridgehead atoms. The topological polar surface area (TPSA) is 58.6 Å². The first-order valence-electron chi connectivity index (χ1n) is 8.04. The zero-order valence-electron chi connectivity index (χ0n) is 14.5. The number of benzene rings is 2. The summed E-state index contributed by atoms with van der Waals surface area (Å²) in [5, 5.41) is 2.82. The minimum absolute atomic E-state index is 0.0545. The fraction of sp³-hybridized carbons (Fsp3) is 0.263. The van der Waals surface area contributed by atoms with Gasteiger partial charge in [-0.15, -0.1) is 0 Å². The first-order valence-corrected chi connectivity index (χ1v) is 8.83. The van der Waals surface area contributed by atoms with E-state index in [-0.39, 0.29) is 11.8 Å². The molecular formula is C19H21BrN2O3. The van der Waals surface area contributed by atoms with Crippen LogP contribution in [0.5, 0.6) is 5.75 Å². The quantitative estimate of drug-likeness (QED) is 0.784. The lowest BCUT2D eigenvalue weighted by Crippen LogP contribution is -2.30. The fourth-order valence-corrected chi connectivity index (χ4v) is 2.84. The van der Waals surface area contributed by atoms with E-state index in [4.69, 9.17) is 4.74 Å². The second-order valence-electron chi connectivity index (χ2n) is 5.36. The summed E-state index contributed by atoms with van der Waals surface area (Å²) in [6.45, 7) is 5.15. The molecule has 0 fully saturated rings. The molecule has 6 heteroatoms. The number of carbonyl (C=O) groups is 2. The second kappa shape index (κ2) is 8.67. The average Bonchev–Trinajstić information content (AvgIpc) is 2.62. The smallest absolute Gasteiger partial charge is 0.259 e. The van der Waals surface area contributed by atoms with E-state index in [0.29, 0.717) is 35.7 Å². The average molecular weight is 405 g/mol. The maximum atomic E-state index is 12.6. The third-order valence-corrected chi connectivity index (χ3v) is 4.32. The predicted molar refractivity (Wildman–Crippen MR) is 102 cm³/mol. The molecule has 5 nitrogen and oxygen atoms in total. The van der Waals surface area contributed by atoms with Crippen LogP contribution in [0.3, 0.4) is 0 Å². The van der Waals surface area contributed by atoms with E-state index in [9.17, 15) is 9.59 Å². The van der Waals surface area contributed by atoms with Crippen molar-refractivity contribution in [3.8, 4) is 5.75 Å². The molecular weight excluding hydrogens is 384 g/mol. The van der Waals surface area contributed by atoms with E-state index in [1.807, 2.05) is 13.8 Å². The molecule has 25 heavy (non-hydrogen) atoms. The summed E-state index contributed by atoms with van der Waals surface area (Å²) in [5.41, 5.74) is 1.52. The third kappa shape index (κ3) is 4.60. The molecule has 1 N–H and O–H groups in total. The normalized spacial score (nSPS) is 10.2. The highest BCUT2D eigenvalue weighted by Gasteiger charge is 2.16. The van der Waals surface area contributed by atoms with Gasteiger partial charge in [0.15, 0.2) is 0 Å². The van der Waals surface area contributed by atoms with E-state index in [2.05, 4.69) is 21.2 Å². The van der Waals surface area contributed by atoms with E-state index in [1.165, 1.54) is 7.11 Å². The molecule has 0 saturated carbocycles. The van der Waals surface area contributed by atoms with E-state index >= 15 is 0 Å². The molecule has 2 amide bonds. The molecule has 0 aromatic heterocycles. The Morgan fingerprint density at radius 2 is 1.84 bits per heavy atom. The Hall–Kier alpha value is -2.34. The van der Waals surface area contributed by atoms with Gasteiger partial charge in [0.2, 0.25) is 0 Å². The van der Waals surface area contributed by atoms with Crippen LogP contribution in [0.2, 0.25) is 0 Å². The van der Waals surface area contributed by atoms with Crippen molar-refractivity contribution in [3.05, 3.63) is 58.1 Å². The van der Waals surface area contributed by atoms with Crippen molar-refractivity contribution in [3.63, 3.8) is 0 Å². The van der Waals surface area contributed by atoms with Crippen molar-refractivity contribution < 1.29 is 14.3 Å². The first kappa shape index (κ1) is 19.0. The minimum atomic E-state index is -0.300. The Bertz CT molecular complexity index is 773. The van der Waals surface area contributed by atoms with Crippen LogP contribution in [-0.2, 0) is 0 Å². The molecule has 2 rings (SSSR count). The molecule has 0 heterocycles. The van der Waals surface area contributed by atoms with Crippen LogP contribution < -0.4 is 10.1 Å². The molecule has 0 aliphatic rings. The van der Waals surface area contributed by atoms with Crippen LogP contribution in [0.15, 0.2) is 46.9 Å². The highest BCUT2D eigenvalue weighted by atomic mass is 79.9. The Morgan fingerprint density at radius 1 is 1.12 bits per heavy atom. The van der Waals surface area contributed by atoms with Gasteiger partial charge >= 0.3 is 0 Å². The van der Waals surface area contributed by atoms with Crippen LogP contribution in [0, 0.1) is 0 Å². The van der Waals surface area contributed by atoms with Gasteiger partial charge in [-0.3, -0.25) is 9.59 Å². The van der Waals surface area contributed by atoms with Gasteiger partial charge in [-0.25, -0.2) is 0 Å². The van der Waals surface area contributed by atoms with Gasteiger partial charge in [0.05, 0.1) is 12.7 Å². The van der Waals surface area contributed by atoms with Crippen molar-refractivity contribution in [2.24, 2.45) is 0 Å². The molecule has 132 valence electrons. The summed E-state index contributed by atoms with van der Waals surface area (Å²) in [6.07, 6.45) is 0. The van der Waals surface area contributed by atoms with Crippen LogP contribution in [0.1, 0.15) is 34.6 Å². The molecule has 0 saturated heterocycles.